The van der Waals surface area contributed by atoms with Gasteiger partial charge in [0.1, 0.15) is 0 Å². The molecular formula is C11H17BrN2O. The van der Waals surface area contributed by atoms with E-state index in [9.17, 15) is 5.11 Å². The van der Waals surface area contributed by atoms with Crippen molar-refractivity contribution >= 4 is 15.9 Å². The standard InChI is InChI=1S/C11H17BrN2O/c1-7-3-4-8(12)5-9(7)11(14-2)10(15)6-13/h3-5,10-11,14-15H,6,13H2,1-2H3. The molecule has 0 saturated heterocycles. The zero-order valence-electron chi connectivity index (χ0n) is 9.00. The molecule has 1 aromatic rings. The molecule has 3 nitrogen and oxygen atoms in total. The molecule has 4 heteroatoms. The van der Waals surface area contributed by atoms with Gasteiger partial charge in [0.25, 0.3) is 0 Å². The second-order valence-electron chi connectivity index (χ2n) is 3.57. The Morgan fingerprint density at radius 1 is 1.53 bits per heavy atom. The Morgan fingerprint density at radius 2 is 2.20 bits per heavy atom. The van der Waals surface area contributed by atoms with E-state index in [1.807, 2.05) is 32.2 Å². The van der Waals surface area contributed by atoms with Crippen LogP contribution in [0.25, 0.3) is 0 Å². The van der Waals surface area contributed by atoms with Crippen molar-refractivity contribution in [1.82, 2.24) is 5.32 Å². The number of aliphatic hydroxyl groups excluding tert-OH is 1. The van der Waals surface area contributed by atoms with Crippen molar-refractivity contribution < 1.29 is 5.11 Å². The molecule has 0 aliphatic rings. The fourth-order valence-electron chi connectivity index (χ4n) is 1.64. The fraction of sp³-hybridized carbons (Fsp3) is 0.455. The molecule has 0 aromatic heterocycles. The van der Waals surface area contributed by atoms with Crippen molar-refractivity contribution in [1.29, 1.82) is 0 Å². The van der Waals surface area contributed by atoms with Gasteiger partial charge in [0.2, 0.25) is 0 Å². The van der Waals surface area contributed by atoms with Crippen molar-refractivity contribution in [2.45, 2.75) is 19.1 Å². The summed E-state index contributed by atoms with van der Waals surface area (Å²) in [5.41, 5.74) is 7.69. The maximum Gasteiger partial charge on any atom is 0.0856 e. The molecule has 4 N–H and O–H groups in total. The molecule has 2 atom stereocenters. The number of likely N-dealkylation sites (N-methyl/N-ethyl adjacent to an activating group) is 1. The number of aryl methyl sites for hydroxylation is 1. The van der Waals surface area contributed by atoms with Gasteiger partial charge in [0.15, 0.2) is 0 Å². The van der Waals surface area contributed by atoms with Crippen LogP contribution in [-0.2, 0) is 0 Å². The Balaban J connectivity index is 3.05. The van der Waals surface area contributed by atoms with Crippen molar-refractivity contribution in [2.75, 3.05) is 13.6 Å². The van der Waals surface area contributed by atoms with E-state index in [1.165, 1.54) is 0 Å². The van der Waals surface area contributed by atoms with E-state index in [0.717, 1.165) is 15.6 Å². The average molecular weight is 273 g/mol. The summed E-state index contributed by atoms with van der Waals surface area (Å²) in [7, 11) is 1.82. The molecule has 0 heterocycles. The summed E-state index contributed by atoms with van der Waals surface area (Å²) in [5.74, 6) is 0. The van der Waals surface area contributed by atoms with Gasteiger partial charge in [-0.05, 0) is 37.2 Å². The van der Waals surface area contributed by atoms with E-state index in [-0.39, 0.29) is 12.6 Å². The minimum Gasteiger partial charge on any atom is -0.390 e. The van der Waals surface area contributed by atoms with Gasteiger partial charge in [0, 0.05) is 11.0 Å². The molecular weight excluding hydrogens is 256 g/mol. The molecule has 0 aliphatic heterocycles. The third-order valence-corrected chi connectivity index (χ3v) is 3.01. The molecule has 15 heavy (non-hydrogen) atoms. The highest BCUT2D eigenvalue weighted by Gasteiger charge is 2.19. The highest BCUT2D eigenvalue weighted by molar-refractivity contribution is 9.10. The van der Waals surface area contributed by atoms with Crippen molar-refractivity contribution in [3.63, 3.8) is 0 Å². The molecule has 0 fully saturated rings. The normalized spacial score (nSPS) is 15.0. The lowest BCUT2D eigenvalue weighted by molar-refractivity contribution is 0.139. The Labute approximate surface area is 98.8 Å². The van der Waals surface area contributed by atoms with Crippen molar-refractivity contribution in [3.8, 4) is 0 Å². The lowest BCUT2D eigenvalue weighted by Crippen LogP contribution is -2.35. The zero-order valence-corrected chi connectivity index (χ0v) is 10.6. The molecule has 0 spiro atoms. The van der Waals surface area contributed by atoms with E-state index < -0.39 is 6.10 Å². The molecule has 0 bridgehead atoms. The van der Waals surface area contributed by atoms with E-state index in [2.05, 4.69) is 21.2 Å². The highest BCUT2D eigenvalue weighted by atomic mass is 79.9. The summed E-state index contributed by atoms with van der Waals surface area (Å²) in [6, 6.07) is 5.90. The number of hydrogen-bond donors (Lipinski definition) is 3. The maximum absolute atomic E-state index is 9.78. The summed E-state index contributed by atoms with van der Waals surface area (Å²) >= 11 is 3.42. The minimum atomic E-state index is -0.567. The number of benzene rings is 1. The molecule has 0 radical (unpaired) electrons. The van der Waals surface area contributed by atoms with Gasteiger partial charge in [-0.2, -0.15) is 0 Å². The van der Waals surface area contributed by atoms with E-state index in [1.54, 1.807) is 0 Å². The van der Waals surface area contributed by atoms with E-state index >= 15 is 0 Å². The quantitative estimate of drug-likeness (QED) is 0.776. The predicted octanol–water partition coefficient (Wildman–Crippen LogP) is 1.34. The van der Waals surface area contributed by atoms with Gasteiger partial charge in [-0.25, -0.2) is 0 Å². The first kappa shape index (κ1) is 12.6. The first-order chi connectivity index (χ1) is 7.10. The lowest BCUT2D eigenvalue weighted by atomic mass is 9.97. The second-order valence-corrected chi connectivity index (χ2v) is 4.49. The van der Waals surface area contributed by atoms with Crippen LogP contribution in [0.3, 0.4) is 0 Å². The number of nitrogens with two attached hydrogens (primary N) is 1. The first-order valence-electron chi connectivity index (χ1n) is 4.91. The molecule has 0 saturated carbocycles. The highest BCUT2D eigenvalue weighted by Crippen LogP contribution is 2.24. The van der Waals surface area contributed by atoms with Gasteiger partial charge < -0.3 is 16.2 Å². The van der Waals surface area contributed by atoms with Crippen LogP contribution < -0.4 is 11.1 Å². The SMILES string of the molecule is CNC(c1cc(Br)ccc1C)C(O)CN. The number of hydrogen-bond acceptors (Lipinski definition) is 3. The van der Waals surface area contributed by atoms with Gasteiger partial charge in [-0.1, -0.05) is 22.0 Å². The van der Waals surface area contributed by atoms with Gasteiger partial charge in [-0.15, -0.1) is 0 Å². The monoisotopic (exact) mass is 272 g/mol. The topological polar surface area (TPSA) is 58.3 Å². The first-order valence-corrected chi connectivity index (χ1v) is 5.71. The van der Waals surface area contributed by atoms with Crippen LogP contribution in [0.4, 0.5) is 0 Å². The van der Waals surface area contributed by atoms with Crippen LogP contribution in [-0.4, -0.2) is 24.8 Å². The summed E-state index contributed by atoms with van der Waals surface area (Å²) in [6.07, 6.45) is -0.567. The Hall–Kier alpha value is -0.420. The van der Waals surface area contributed by atoms with Crippen LogP contribution >= 0.6 is 15.9 Å². The van der Waals surface area contributed by atoms with Crippen LogP contribution in [0.2, 0.25) is 0 Å². The third kappa shape index (κ3) is 3.01. The van der Waals surface area contributed by atoms with Gasteiger partial charge >= 0.3 is 0 Å². The summed E-state index contributed by atoms with van der Waals surface area (Å²) < 4.78 is 1.01. The molecule has 84 valence electrons. The zero-order chi connectivity index (χ0) is 11.4. The van der Waals surface area contributed by atoms with Crippen LogP contribution in [0.1, 0.15) is 17.2 Å². The average Bonchev–Trinajstić information content (AvgIpc) is 2.23. The summed E-state index contributed by atoms with van der Waals surface area (Å²) in [6.45, 7) is 2.27. The van der Waals surface area contributed by atoms with Crippen molar-refractivity contribution in [2.24, 2.45) is 5.73 Å². The minimum absolute atomic E-state index is 0.118. The number of halogens is 1. The smallest absolute Gasteiger partial charge is 0.0856 e. The third-order valence-electron chi connectivity index (χ3n) is 2.51. The number of aliphatic hydroxyl groups is 1. The van der Waals surface area contributed by atoms with Gasteiger partial charge in [-0.3, -0.25) is 0 Å². The Morgan fingerprint density at radius 3 is 2.73 bits per heavy atom. The summed E-state index contributed by atoms with van der Waals surface area (Å²) in [4.78, 5) is 0. The van der Waals surface area contributed by atoms with Crippen LogP contribution in [0.15, 0.2) is 22.7 Å². The Bertz CT molecular complexity index is 330. The molecule has 2 unspecified atom stereocenters. The Kier molecular flexibility index (Phi) is 4.73. The lowest BCUT2D eigenvalue weighted by Gasteiger charge is -2.23. The van der Waals surface area contributed by atoms with Gasteiger partial charge in [0.05, 0.1) is 12.1 Å². The number of rotatable bonds is 4. The molecule has 1 rings (SSSR count). The largest absolute Gasteiger partial charge is 0.390 e. The van der Waals surface area contributed by atoms with Crippen LogP contribution in [0, 0.1) is 6.92 Å². The second kappa shape index (κ2) is 5.61. The van der Waals surface area contributed by atoms with E-state index in [4.69, 9.17) is 5.73 Å². The van der Waals surface area contributed by atoms with Crippen molar-refractivity contribution in [3.05, 3.63) is 33.8 Å². The van der Waals surface area contributed by atoms with Crippen LogP contribution in [0.5, 0.6) is 0 Å². The predicted molar refractivity (Wildman–Crippen MR) is 65.7 cm³/mol. The molecule has 0 amide bonds. The van der Waals surface area contributed by atoms with E-state index in [0.29, 0.717) is 0 Å². The number of nitrogens with one attached hydrogen (secondary N) is 1. The summed E-state index contributed by atoms with van der Waals surface area (Å²) in [5, 5.41) is 12.9. The molecule has 0 aliphatic carbocycles. The molecule has 1 aromatic carbocycles. The fourth-order valence-corrected chi connectivity index (χ4v) is 2.02. The maximum atomic E-state index is 9.78.